The van der Waals surface area contributed by atoms with Gasteiger partial charge in [0.15, 0.2) is 5.82 Å². The standard InChI is InChI=1S/C12H10N4O/c17-7-9-1-2-10-6-15-16(11(10)5-9)12-3-4-13-8-14-12/h1-6,8,17H,7H2. The Kier molecular flexibility index (Phi) is 2.31. The van der Waals surface area contributed by atoms with Crippen molar-refractivity contribution in [2.75, 3.05) is 0 Å². The molecule has 0 aliphatic rings. The molecule has 3 aromatic rings. The summed E-state index contributed by atoms with van der Waals surface area (Å²) in [5, 5.41) is 14.4. The third kappa shape index (κ3) is 1.66. The maximum Gasteiger partial charge on any atom is 0.157 e. The quantitative estimate of drug-likeness (QED) is 0.715. The zero-order valence-corrected chi connectivity index (χ0v) is 8.98. The van der Waals surface area contributed by atoms with Gasteiger partial charge in [0.2, 0.25) is 0 Å². The van der Waals surface area contributed by atoms with Crippen LogP contribution in [0.2, 0.25) is 0 Å². The number of fused-ring (bicyclic) bond motifs is 1. The van der Waals surface area contributed by atoms with Crippen molar-refractivity contribution in [3.05, 3.63) is 48.5 Å². The lowest BCUT2D eigenvalue weighted by Crippen LogP contribution is -1.99. The number of rotatable bonds is 2. The van der Waals surface area contributed by atoms with Crippen molar-refractivity contribution in [2.45, 2.75) is 6.61 Å². The minimum Gasteiger partial charge on any atom is -0.392 e. The first-order valence-electron chi connectivity index (χ1n) is 5.22. The molecule has 5 nitrogen and oxygen atoms in total. The van der Waals surface area contributed by atoms with Crippen molar-refractivity contribution >= 4 is 10.9 Å². The highest BCUT2D eigenvalue weighted by Gasteiger charge is 2.06. The van der Waals surface area contributed by atoms with Gasteiger partial charge in [0, 0.05) is 17.6 Å². The number of nitrogens with zero attached hydrogens (tertiary/aromatic N) is 4. The molecule has 84 valence electrons. The van der Waals surface area contributed by atoms with Crippen molar-refractivity contribution < 1.29 is 5.11 Å². The summed E-state index contributed by atoms with van der Waals surface area (Å²) in [7, 11) is 0. The molecular formula is C12H10N4O. The molecule has 0 aliphatic carbocycles. The molecule has 0 bridgehead atoms. The maximum atomic E-state index is 9.14. The molecule has 0 atom stereocenters. The fraction of sp³-hybridized carbons (Fsp3) is 0.0833. The monoisotopic (exact) mass is 226 g/mol. The van der Waals surface area contributed by atoms with Crippen LogP contribution in [0.5, 0.6) is 0 Å². The largest absolute Gasteiger partial charge is 0.392 e. The predicted molar refractivity (Wildman–Crippen MR) is 62.6 cm³/mol. The number of aromatic nitrogens is 4. The Labute approximate surface area is 97.4 Å². The van der Waals surface area contributed by atoms with Crippen molar-refractivity contribution in [2.24, 2.45) is 0 Å². The van der Waals surface area contributed by atoms with Crippen LogP contribution >= 0.6 is 0 Å². The van der Waals surface area contributed by atoms with Crippen LogP contribution in [0.25, 0.3) is 16.7 Å². The van der Waals surface area contributed by atoms with Crippen LogP contribution in [0.4, 0.5) is 0 Å². The summed E-state index contributed by atoms with van der Waals surface area (Å²) in [5.74, 6) is 0.713. The third-order valence-corrected chi connectivity index (χ3v) is 2.60. The Hall–Kier alpha value is -2.27. The van der Waals surface area contributed by atoms with E-state index in [2.05, 4.69) is 15.1 Å². The van der Waals surface area contributed by atoms with Crippen LogP contribution in [0, 0.1) is 0 Å². The molecule has 0 aliphatic heterocycles. The fourth-order valence-corrected chi connectivity index (χ4v) is 1.75. The summed E-state index contributed by atoms with van der Waals surface area (Å²) < 4.78 is 1.73. The molecular weight excluding hydrogens is 216 g/mol. The summed E-state index contributed by atoms with van der Waals surface area (Å²) >= 11 is 0. The molecule has 0 amide bonds. The highest BCUT2D eigenvalue weighted by atomic mass is 16.3. The molecule has 1 N–H and O–H groups in total. The van der Waals surface area contributed by atoms with Crippen molar-refractivity contribution in [1.82, 2.24) is 19.7 Å². The Morgan fingerprint density at radius 2 is 2.18 bits per heavy atom. The van der Waals surface area contributed by atoms with E-state index in [9.17, 15) is 0 Å². The molecule has 0 fully saturated rings. The van der Waals surface area contributed by atoms with Crippen molar-refractivity contribution in [3.63, 3.8) is 0 Å². The fourth-order valence-electron chi connectivity index (χ4n) is 1.75. The number of aliphatic hydroxyl groups excluding tert-OH is 1. The van der Waals surface area contributed by atoms with Gasteiger partial charge in [-0.25, -0.2) is 14.6 Å². The van der Waals surface area contributed by atoms with Gasteiger partial charge in [-0.15, -0.1) is 0 Å². The average molecular weight is 226 g/mol. The predicted octanol–water partition coefficient (Wildman–Crippen LogP) is 1.31. The highest BCUT2D eigenvalue weighted by molar-refractivity contribution is 5.80. The third-order valence-electron chi connectivity index (χ3n) is 2.60. The van der Waals surface area contributed by atoms with Gasteiger partial charge in [0.05, 0.1) is 18.3 Å². The minimum atomic E-state index is 0.0187. The normalized spacial score (nSPS) is 10.9. The maximum absolute atomic E-state index is 9.14. The van der Waals surface area contributed by atoms with Crippen LogP contribution in [0.3, 0.4) is 0 Å². The number of hydrogen-bond acceptors (Lipinski definition) is 4. The lowest BCUT2D eigenvalue weighted by atomic mass is 10.2. The topological polar surface area (TPSA) is 63.8 Å². The smallest absolute Gasteiger partial charge is 0.157 e. The van der Waals surface area contributed by atoms with Crippen LogP contribution in [0.1, 0.15) is 5.56 Å². The van der Waals surface area contributed by atoms with Crippen molar-refractivity contribution in [3.8, 4) is 5.82 Å². The van der Waals surface area contributed by atoms with Gasteiger partial charge in [-0.2, -0.15) is 5.10 Å². The lowest BCUT2D eigenvalue weighted by molar-refractivity contribution is 0.282. The van der Waals surface area contributed by atoms with Gasteiger partial charge in [-0.05, 0) is 11.6 Å². The average Bonchev–Trinajstić information content (AvgIpc) is 2.82. The first-order valence-corrected chi connectivity index (χ1v) is 5.22. The summed E-state index contributed by atoms with van der Waals surface area (Å²) in [6, 6.07) is 7.52. The van der Waals surface area contributed by atoms with Gasteiger partial charge < -0.3 is 5.11 Å². The van der Waals surface area contributed by atoms with Crippen LogP contribution < -0.4 is 0 Å². The second-order valence-corrected chi connectivity index (χ2v) is 3.68. The molecule has 0 saturated carbocycles. The minimum absolute atomic E-state index is 0.0187. The Bertz CT molecular complexity index is 648. The van der Waals surface area contributed by atoms with E-state index >= 15 is 0 Å². The Balaban J connectivity index is 2.23. The molecule has 0 unspecified atom stereocenters. The molecule has 0 saturated heterocycles. The summed E-state index contributed by atoms with van der Waals surface area (Å²) in [6.45, 7) is 0.0187. The van der Waals surface area contributed by atoms with Gasteiger partial charge in [0.25, 0.3) is 0 Å². The highest BCUT2D eigenvalue weighted by Crippen LogP contribution is 2.18. The lowest BCUT2D eigenvalue weighted by Gasteiger charge is -2.02. The molecule has 17 heavy (non-hydrogen) atoms. The van der Waals surface area contributed by atoms with Gasteiger partial charge in [0.1, 0.15) is 6.33 Å². The van der Waals surface area contributed by atoms with Crippen LogP contribution in [0.15, 0.2) is 43.0 Å². The van der Waals surface area contributed by atoms with Crippen molar-refractivity contribution in [1.29, 1.82) is 0 Å². The number of benzene rings is 1. The second kappa shape index (κ2) is 3.95. The van der Waals surface area contributed by atoms with E-state index < -0.39 is 0 Å². The van der Waals surface area contributed by atoms with E-state index in [1.54, 1.807) is 23.1 Å². The SMILES string of the molecule is OCc1ccc2cnn(-c3ccncn3)c2c1. The van der Waals surface area contributed by atoms with Crippen LogP contribution in [-0.4, -0.2) is 24.9 Å². The number of hydrogen-bond donors (Lipinski definition) is 1. The molecule has 2 heterocycles. The first kappa shape index (κ1) is 9.92. The zero-order valence-electron chi connectivity index (χ0n) is 8.98. The Morgan fingerprint density at radius 3 is 2.94 bits per heavy atom. The Morgan fingerprint density at radius 1 is 1.24 bits per heavy atom. The summed E-state index contributed by atoms with van der Waals surface area (Å²) in [5.41, 5.74) is 1.78. The van der Waals surface area contributed by atoms with Gasteiger partial charge in [-0.1, -0.05) is 12.1 Å². The molecule has 2 aromatic heterocycles. The van der Waals surface area contributed by atoms with Crippen LogP contribution in [-0.2, 0) is 6.61 Å². The van der Waals surface area contributed by atoms with E-state index in [0.29, 0.717) is 5.82 Å². The summed E-state index contributed by atoms with van der Waals surface area (Å²) in [6.07, 6.45) is 4.93. The molecule has 5 heteroatoms. The van der Waals surface area contributed by atoms with E-state index in [-0.39, 0.29) is 6.61 Å². The zero-order chi connectivity index (χ0) is 11.7. The molecule has 3 rings (SSSR count). The van der Waals surface area contributed by atoms with E-state index in [1.807, 2.05) is 18.2 Å². The van der Waals surface area contributed by atoms with E-state index in [0.717, 1.165) is 16.5 Å². The molecule has 1 aromatic carbocycles. The number of aliphatic hydroxyl groups is 1. The van der Waals surface area contributed by atoms with Gasteiger partial charge >= 0.3 is 0 Å². The molecule has 0 spiro atoms. The second-order valence-electron chi connectivity index (χ2n) is 3.68. The molecule has 0 radical (unpaired) electrons. The summed E-state index contributed by atoms with van der Waals surface area (Å²) in [4.78, 5) is 8.03. The van der Waals surface area contributed by atoms with Gasteiger partial charge in [-0.3, -0.25) is 0 Å². The van der Waals surface area contributed by atoms with E-state index in [1.165, 1.54) is 6.33 Å². The van der Waals surface area contributed by atoms with E-state index in [4.69, 9.17) is 5.11 Å². The first-order chi connectivity index (χ1) is 8.38.